The largest absolute Gasteiger partial charge is 0.383 e. The zero-order valence-electron chi connectivity index (χ0n) is 15.9. The third kappa shape index (κ3) is 3.25. The van der Waals surface area contributed by atoms with Crippen molar-refractivity contribution in [2.75, 3.05) is 30.5 Å². The summed E-state index contributed by atoms with van der Waals surface area (Å²) in [5.74, 6) is 0.222. The highest BCUT2D eigenvalue weighted by molar-refractivity contribution is 6.05. The number of methoxy groups -OCH3 is 1. The van der Waals surface area contributed by atoms with Gasteiger partial charge in [0.1, 0.15) is 6.04 Å². The Kier molecular flexibility index (Phi) is 4.83. The summed E-state index contributed by atoms with van der Waals surface area (Å²) >= 11 is 0. The number of hydrogen-bond acceptors (Lipinski definition) is 4. The average molecular weight is 378 g/mol. The molecule has 0 fully saturated rings. The van der Waals surface area contributed by atoms with E-state index in [2.05, 4.69) is 10.3 Å². The SMILES string of the molecule is COCCN1C(=O)C(CC(=O)Nc2ccc(C)cc2)n2c1nc1ccccc12. The van der Waals surface area contributed by atoms with Gasteiger partial charge in [-0.25, -0.2) is 4.98 Å². The van der Waals surface area contributed by atoms with Crippen LogP contribution in [0.4, 0.5) is 11.6 Å². The molecule has 0 radical (unpaired) electrons. The van der Waals surface area contributed by atoms with Crippen LogP contribution in [0.15, 0.2) is 48.5 Å². The van der Waals surface area contributed by atoms with Crippen LogP contribution in [0.3, 0.4) is 0 Å². The first kappa shape index (κ1) is 18.2. The van der Waals surface area contributed by atoms with E-state index in [1.54, 1.807) is 12.0 Å². The molecule has 1 unspecified atom stereocenters. The van der Waals surface area contributed by atoms with Gasteiger partial charge in [0.05, 0.1) is 30.6 Å². The number of nitrogens with one attached hydrogen (secondary N) is 1. The fourth-order valence-electron chi connectivity index (χ4n) is 3.51. The number of aromatic nitrogens is 2. The first-order valence-electron chi connectivity index (χ1n) is 9.22. The summed E-state index contributed by atoms with van der Waals surface area (Å²) < 4.78 is 7.00. The molecule has 28 heavy (non-hydrogen) atoms. The molecular formula is C21H22N4O3. The number of imidazole rings is 1. The Hall–Kier alpha value is -3.19. The average Bonchev–Trinajstić information content (AvgIpc) is 3.17. The van der Waals surface area contributed by atoms with Gasteiger partial charge in [-0.2, -0.15) is 0 Å². The molecule has 0 aliphatic carbocycles. The maximum absolute atomic E-state index is 13.0. The molecule has 0 saturated carbocycles. The molecule has 144 valence electrons. The lowest BCUT2D eigenvalue weighted by Gasteiger charge is -2.15. The van der Waals surface area contributed by atoms with Crippen LogP contribution >= 0.6 is 0 Å². The number of hydrogen-bond donors (Lipinski definition) is 1. The molecule has 2 aromatic carbocycles. The van der Waals surface area contributed by atoms with Crippen molar-refractivity contribution in [1.82, 2.24) is 9.55 Å². The molecule has 2 heterocycles. The molecule has 0 bridgehead atoms. The van der Waals surface area contributed by atoms with Gasteiger partial charge in [0.15, 0.2) is 0 Å². The summed E-state index contributed by atoms with van der Waals surface area (Å²) in [7, 11) is 1.59. The van der Waals surface area contributed by atoms with Gasteiger partial charge in [-0.3, -0.25) is 19.1 Å². The number of para-hydroxylation sites is 2. The molecule has 2 amide bonds. The molecule has 1 N–H and O–H groups in total. The highest BCUT2D eigenvalue weighted by Crippen LogP contribution is 2.36. The van der Waals surface area contributed by atoms with Crippen LogP contribution < -0.4 is 10.2 Å². The normalized spacial score (nSPS) is 15.9. The number of anilines is 2. The summed E-state index contributed by atoms with van der Waals surface area (Å²) in [5, 5.41) is 2.88. The number of ether oxygens (including phenoxy) is 1. The van der Waals surface area contributed by atoms with Gasteiger partial charge in [-0.15, -0.1) is 0 Å². The Labute approximate surface area is 162 Å². The zero-order chi connectivity index (χ0) is 19.7. The molecule has 4 rings (SSSR count). The van der Waals surface area contributed by atoms with E-state index in [1.807, 2.05) is 60.0 Å². The van der Waals surface area contributed by atoms with E-state index in [9.17, 15) is 9.59 Å². The maximum Gasteiger partial charge on any atom is 0.253 e. The molecule has 0 spiro atoms. The van der Waals surface area contributed by atoms with Gasteiger partial charge in [-0.1, -0.05) is 29.8 Å². The number of rotatable bonds is 6. The third-order valence-electron chi connectivity index (χ3n) is 4.91. The molecule has 1 aromatic heterocycles. The van der Waals surface area contributed by atoms with Gasteiger partial charge < -0.3 is 10.1 Å². The summed E-state index contributed by atoms with van der Waals surface area (Å²) in [6.07, 6.45) is 0.0452. The van der Waals surface area contributed by atoms with Crippen LogP contribution in [0.25, 0.3) is 11.0 Å². The van der Waals surface area contributed by atoms with Crippen LogP contribution in [0.1, 0.15) is 18.0 Å². The molecule has 1 atom stereocenters. The predicted octanol–water partition coefficient (Wildman–Crippen LogP) is 2.91. The van der Waals surface area contributed by atoms with E-state index in [-0.39, 0.29) is 18.2 Å². The Morgan fingerprint density at radius 1 is 1.18 bits per heavy atom. The Morgan fingerprint density at radius 3 is 2.68 bits per heavy atom. The standard InChI is InChI=1S/C21H22N4O3/c1-14-7-9-15(10-8-14)22-19(26)13-18-20(27)24(11-12-28-2)21-23-16-5-3-4-6-17(16)25(18)21/h3-10,18H,11-13H2,1-2H3,(H,22,26). The van der Waals surface area contributed by atoms with E-state index in [0.29, 0.717) is 24.8 Å². The first-order valence-corrected chi connectivity index (χ1v) is 9.22. The summed E-state index contributed by atoms with van der Waals surface area (Å²) in [6, 6.07) is 14.6. The van der Waals surface area contributed by atoms with E-state index in [1.165, 1.54) is 0 Å². The topological polar surface area (TPSA) is 76.5 Å². The number of fused-ring (bicyclic) bond motifs is 3. The number of benzene rings is 2. The molecular weight excluding hydrogens is 356 g/mol. The summed E-state index contributed by atoms with van der Waals surface area (Å²) in [5.41, 5.74) is 3.48. The van der Waals surface area contributed by atoms with Crippen molar-refractivity contribution < 1.29 is 14.3 Å². The second kappa shape index (κ2) is 7.44. The van der Waals surface area contributed by atoms with Gasteiger partial charge in [-0.05, 0) is 31.2 Å². The number of carbonyl (C=O) groups excluding carboxylic acids is 2. The molecule has 0 saturated heterocycles. The second-order valence-electron chi connectivity index (χ2n) is 6.89. The minimum atomic E-state index is -0.621. The fourth-order valence-corrected chi connectivity index (χ4v) is 3.51. The van der Waals surface area contributed by atoms with Crippen LogP contribution in [-0.2, 0) is 14.3 Å². The van der Waals surface area contributed by atoms with E-state index in [4.69, 9.17) is 4.74 Å². The quantitative estimate of drug-likeness (QED) is 0.716. The number of aryl methyl sites for hydroxylation is 1. The van der Waals surface area contributed by atoms with Crippen LogP contribution in [0, 0.1) is 6.92 Å². The first-order chi connectivity index (χ1) is 13.6. The minimum Gasteiger partial charge on any atom is -0.383 e. The maximum atomic E-state index is 13.0. The van der Waals surface area contributed by atoms with Crippen molar-refractivity contribution in [3.05, 3.63) is 54.1 Å². The van der Waals surface area contributed by atoms with Crippen LogP contribution in [-0.4, -0.2) is 41.6 Å². The third-order valence-corrected chi connectivity index (χ3v) is 4.91. The Morgan fingerprint density at radius 2 is 1.93 bits per heavy atom. The number of nitrogens with zero attached hydrogens (tertiary/aromatic N) is 3. The van der Waals surface area contributed by atoms with Crippen molar-refractivity contribution in [3.63, 3.8) is 0 Å². The van der Waals surface area contributed by atoms with Gasteiger partial charge in [0.2, 0.25) is 11.9 Å². The van der Waals surface area contributed by atoms with Crippen molar-refractivity contribution in [2.45, 2.75) is 19.4 Å². The predicted molar refractivity (Wildman–Crippen MR) is 107 cm³/mol. The lowest BCUT2D eigenvalue weighted by atomic mass is 10.1. The molecule has 7 nitrogen and oxygen atoms in total. The molecule has 3 aromatic rings. The number of amides is 2. The van der Waals surface area contributed by atoms with Gasteiger partial charge in [0.25, 0.3) is 5.91 Å². The van der Waals surface area contributed by atoms with Crippen LogP contribution in [0.2, 0.25) is 0 Å². The summed E-state index contributed by atoms with van der Waals surface area (Å²) in [4.78, 5) is 31.9. The second-order valence-corrected chi connectivity index (χ2v) is 6.89. The van der Waals surface area contributed by atoms with E-state index >= 15 is 0 Å². The molecule has 1 aliphatic rings. The molecule has 1 aliphatic heterocycles. The number of carbonyl (C=O) groups is 2. The lowest BCUT2D eigenvalue weighted by molar-refractivity contribution is -0.124. The lowest BCUT2D eigenvalue weighted by Crippen LogP contribution is -2.33. The van der Waals surface area contributed by atoms with Crippen molar-refractivity contribution >= 4 is 34.5 Å². The molecule has 7 heteroatoms. The minimum absolute atomic E-state index is 0.0452. The smallest absolute Gasteiger partial charge is 0.253 e. The van der Waals surface area contributed by atoms with Gasteiger partial charge in [0, 0.05) is 12.8 Å². The van der Waals surface area contributed by atoms with Crippen molar-refractivity contribution in [1.29, 1.82) is 0 Å². The van der Waals surface area contributed by atoms with Crippen molar-refractivity contribution in [2.24, 2.45) is 0 Å². The van der Waals surface area contributed by atoms with Gasteiger partial charge >= 0.3 is 0 Å². The van der Waals surface area contributed by atoms with Crippen molar-refractivity contribution in [3.8, 4) is 0 Å². The highest BCUT2D eigenvalue weighted by atomic mass is 16.5. The Bertz CT molecular complexity index is 1030. The van der Waals surface area contributed by atoms with E-state index in [0.717, 1.165) is 16.6 Å². The highest BCUT2D eigenvalue weighted by Gasteiger charge is 2.40. The fraction of sp³-hybridized carbons (Fsp3) is 0.286. The summed E-state index contributed by atoms with van der Waals surface area (Å²) in [6.45, 7) is 2.79. The monoisotopic (exact) mass is 378 g/mol. The van der Waals surface area contributed by atoms with Crippen LogP contribution in [0.5, 0.6) is 0 Å². The zero-order valence-corrected chi connectivity index (χ0v) is 15.9. The Balaban J connectivity index is 1.62. The van der Waals surface area contributed by atoms with E-state index < -0.39 is 6.04 Å².